The molecule has 4 heteroatoms. The fourth-order valence-electron chi connectivity index (χ4n) is 1.51. The summed E-state index contributed by atoms with van der Waals surface area (Å²) < 4.78 is 1.56. The van der Waals surface area contributed by atoms with Gasteiger partial charge in [0.15, 0.2) is 0 Å². The van der Waals surface area contributed by atoms with Crippen LogP contribution in [0.15, 0.2) is 47.4 Å². The van der Waals surface area contributed by atoms with Crippen LogP contribution in [-0.4, -0.2) is 4.57 Å². The Morgan fingerprint density at radius 2 is 2.06 bits per heavy atom. The van der Waals surface area contributed by atoms with Crippen molar-refractivity contribution in [2.24, 2.45) is 0 Å². The largest absolute Gasteiger partial charge is 0.394 e. The third kappa shape index (κ3) is 2.25. The van der Waals surface area contributed by atoms with Gasteiger partial charge in [0.1, 0.15) is 0 Å². The molecule has 0 radical (unpaired) electrons. The number of hydrogen-bond acceptors (Lipinski definition) is 2. The average Bonchev–Trinajstić information content (AvgIpc) is 2.25. The normalized spacial score (nSPS) is 10.3. The van der Waals surface area contributed by atoms with Gasteiger partial charge in [-0.15, -0.1) is 0 Å². The molecule has 1 aromatic carbocycles. The molecule has 2 aromatic rings. The second kappa shape index (κ2) is 4.41. The Labute approximate surface area is 98.1 Å². The zero-order valence-corrected chi connectivity index (χ0v) is 9.32. The van der Waals surface area contributed by atoms with Crippen LogP contribution < -0.4 is 11.3 Å². The van der Waals surface area contributed by atoms with E-state index in [1.165, 1.54) is 0 Å². The maximum absolute atomic E-state index is 11.7. The van der Waals surface area contributed by atoms with Crippen molar-refractivity contribution in [3.05, 3.63) is 63.5 Å². The van der Waals surface area contributed by atoms with E-state index in [0.29, 0.717) is 11.6 Å². The van der Waals surface area contributed by atoms with Crippen molar-refractivity contribution in [3.8, 4) is 0 Å². The molecule has 0 aliphatic heterocycles. The Bertz CT molecular complexity index is 563. The Morgan fingerprint density at radius 3 is 2.81 bits per heavy atom. The molecule has 3 nitrogen and oxygen atoms in total. The van der Waals surface area contributed by atoms with Crippen LogP contribution in [0.1, 0.15) is 5.56 Å². The summed E-state index contributed by atoms with van der Waals surface area (Å²) in [5, 5.41) is 0.662. The van der Waals surface area contributed by atoms with Crippen molar-refractivity contribution in [2.75, 3.05) is 5.73 Å². The van der Waals surface area contributed by atoms with Gasteiger partial charge in [0.05, 0.1) is 12.2 Å². The van der Waals surface area contributed by atoms with Gasteiger partial charge in [-0.05, 0) is 29.8 Å². The Hall–Kier alpha value is -1.74. The molecule has 0 fully saturated rings. The molecule has 1 aromatic heterocycles. The number of rotatable bonds is 2. The van der Waals surface area contributed by atoms with Crippen molar-refractivity contribution in [1.82, 2.24) is 4.57 Å². The first kappa shape index (κ1) is 10.8. The number of aromatic nitrogens is 1. The molecule has 2 rings (SSSR count). The van der Waals surface area contributed by atoms with Gasteiger partial charge in [0, 0.05) is 11.2 Å². The standard InChI is InChI=1S/C12H11ClN2O/c13-10-4-1-3-9(7-10)8-15-6-2-5-11(14)12(15)16/h1-7H,8,14H2. The molecule has 0 unspecified atom stereocenters. The average molecular weight is 235 g/mol. The molecule has 0 saturated carbocycles. The molecule has 0 bridgehead atoms. The molecule has 0 aliphatic rings. The first-order valence-electron chi connectivity index (χ1n) is 4.86. The first-order valence-corrected chi connectivity index (χ1v) is 5.24. The molecule has 0 spiro atoms. The number of nitrogen functional groups attached to an aromatic ring is 1. The van der Waals surface area contributed by atoms with E-state index >= 15 is 0 Å². The summed E-state index contributed by atoms with van der Waals surface area (Å²) in [6.07, 6.45) is 1.71. The van der Waals surface area contributed by atoms with Gasteiger partial charge in [0.2, 0.25) is 0 Å². The molecule has 2 N–H and O–H groups in total. The molecule has 0 atom stereocenters. The zero-order valence-electron chi connectivity index (χ0n) is 8.56. The predicted molar refractivity (Wildman–Crippen MR) is 65.7 cm³/mol. The monoisotopic (exact) mass is 234 g/mol. The number of pyridine rings is 1. The molecule has 1 heterocycles. The van der Waals surface area contributed by atoms with E-state index < -0.39 is 0 Å². The molecular formula is C12H11ClN2O. The van der Waals surface area contributed by atoms with Crippen LogP contribution in [-0.2, 0) is 6.54 Å². The summed E-state index contributed by atoms with van der Waals surface area (Å²) in [7, 11) is 0. The molecular weight excluding hydrogens is 224 g/mol. The highest BCUT2D eigenvalue weighted by Crippen LogP contribution is 2.11. The highest BCUT2D eigenvalue weighted by Gasteiger charge is 2.00. The predicted octanol–water partition coefficient (Wildman–Crippen LogP) is 2.13. The van der Waals surface area contributed by atoms with Crippen LogP contribution in [0.5, 0.6) is 0 Å². The molecule has 0 amide bonds. The lowest BCUT2D eigenvalue weighted by atomic mass is 10.2. The van der Waals surface area contributed by atoms with Crippen LogP contribution >= 0.6 is 11.6 Å². The van der Waals surface area contributed by atoms with E-state index in [4.69, 9.17) is 17.3 Å². The van der Waals surface area contributed by atoms with E-state index in [1.807, 2.05) is 18.2 Å². The van der Waals surface area contributed by atoms with Gasteiger partial charge in [-0.2, -0.15) is 0 Å². The van der Waals surface area contributed by atoms with Gasteiger partial charge < -0.3 is 10.3 Å². The van der Waals surface area contributed by atoms with Crippen LogP contribution in [0.2, 0.25) is 5.02 Å². The van der Waals surface area contributed by atoms with Crippen LogP contribution in [0.3, 0.4) is 0 Å². The van der Waals surface area contributed by atoms with Gasteiger partial charge in [-0.1, -0.05) is 23.7 Å². The summed E-state index contributed by atoms with van der Waals surface area (Å²) in [6.45, 7) is 0.477. The van der Waals surface area contributed by atoms with E-state index in [1.54, 1.807) is 29.0 Å². The fourth-order valence-corrected chi connectivity index (χ4v) is 1.72. The summed E-state index contributed by atoms with van der Waals surface area (Å²) in [5.74, 6) is 0. The number of benzene rings is 1. The van der Waals surface area contributed by atoms with Gasteiger partial charge in [-0.3, -0.25) is 4.79 Å². The summed E-state index contributed by atoms with van der Waals surface area (Å²) in [6, 6.07) is 10.7. The van der Waals surface area contributed by atoms with Crippen molar-refractivity contribution in [3.63, 3.8) is 0 Å². The molecule has 82 valence electrons. The van der Waals surface area contributed by atoms with Crippen LogP contribution in [0, 0.1) is 0 Å². The quantitative estimate of drug-likeness (QED) is 0.866. The number of nitrogens with two attached hydrogens (primary N) is 1. The lowest BCUT2D eigenvalue weighted by molar-refractivity contribution is 0.762. The highest BCUT2D eigenvalue weighted by atomic mass is 35.5. The Morgan fingerprint density at radius 1 is 1.25 bits per heavy atom. The maximum Gasteiger partial charge on any atom is 0.273 e. The lowest BCUT2D eigenvalue weighted by Gasteiger charge is -2.06. The maximum atomic E-state index is 11.7. The topological polar surface area (TPSA) is 48.0 Å². The minimum absolute atomic E-state index is 0.178. The molecule has 0 saturated heterocycles. The van der Waals surface area contributed by atoms with E-state index in [0.717, 1.165) is 5.56 Å². The zero-order chi connectivity index (χ0) is 11.5. The second-order valence-corrected chi connectivity index (χ2v) is 3.96. The lowest BCUT2D eigenvalue weighted by Crippen LogP contribution is -2.22. The van der Waals surface area contributed by atoms with Gasteiger partial charge in [-0.25, -0.2) is 0 Å². The Balaban J connectivity index is 2.34. The van der Waals surface area contributed by atoms with E-state index in [2.05, 4.69) is 0 Å². The summed E-state index contributed by atoms with van der Waals surface area (Å²) in [4.78, 5) is 11.7. The van der Waals surface area contributed by atoms with Gasteiger partial charge >= 0.3 is 0 Å². The number of anilines is 1. The van der Waals surface area contributed by atoms with Crippen LogP contribution in [0.4, 0.5) is 5.69 Å². The van der Waals surface area contributed by atoms with Crippen LogP contribution in [0.25, 0.3) is 0 Å². The fraction of sp³-hybridized carbons (Fsp3) is 0.0833. The highest BCUT2D eigenvalue weighted by molar-refractivity contribution is 6.30. The summed E-state index contributed by atoms with van der Waals surface area (Å²) in [5.41, 5.74) is 6.59. The van der Waals surface area contributed by atoms with Gasteiger partial charge in [0.25, 0.3) is 5.56 Å². The Kier molecular flexibility index (Phi) is 2.97. The van der Waals surface area contributed by atoms with E-state index in [-0.39, 0.29) is 11.2 Å². The number of nitrogens with zero attached hydrogens (tertiary/aromatic N) is 1. The molecule has 0 aliphatic carbocycles. The minimum atomic E-state index is -0.178. The SMILES string of the molecule is Nc1cccn(Cc2cccc(Cl)c2)c1=O. The van der Waals surface area contributed by atoms with Crippen molar-refractivity contribution >= 4 is 17.3 Å². The minimum Gasteiger partial charge on any atom is -0.394 e. The number of hydrogen-bond donors (Lipinski definition) is 1. The third-order valence-corrected chi connectivity index (χ3v) is 2.53. The first-order chi connectivity index (χ1) is 7.66. The second-order valence-electron chi connectivity index (χ2n) is 3.53. The third-order valence-electron chi connectivity index (χ3n) is 2.29. The van der Waals surface area contributed by atoms with Crippen molar-refractivity contribution in [1.29, 1.82) is 0 Å². The van der Waals surface area contributed by atoms with Crippen molar-refractivity contribution < 1.29 is 0 Å². The summed E-state index contributed by atoms with van der Waals surface area (Å²) >= 11 is 5.87. The van der Waals surface area contributed by atoms with E-state index in [9.17, 15) is 4.79 Å². The smallest absolute Gasteiger partial charge is 0.273 e. The number of halogens is 1. The van der Waals surface area contributed by atoms with Crippen molar-refractivity contribution in [2.45, 2.75) is 6.54 Å². The molecule has 16 heavy (non-hydrogen) atoms.